The molecular weight excluding hydrogens is 340 g/mol. The highest BCUT2D eigenvalue weighted by atomic mass is 16.5. The Bertz CT molecular complexity index is 912. The van der Waals surface area contributed by atoms with Crippen LogP contribution < -0.4 is 10.1 Å². The number of fused-ring (bicyclic) bond motifs is 1. The molecule has 27 heavy (non-hydrogen) atoms. The van der Waals surface area contributed by atoms with Gasteiger partial charge in [0, 0.05) is 12.7 Å². The summed E-state index contributed by atoms with van der Waals surface area (Å²) in [6.07, 6.45) is 1.28. The molecule has 0 spiro atoms. The van der Waals surface area contributed by atoms with Gasteiger partial charge in [-0.3, -0.25) is 9.78 Å². The Morgan fingerprint density at radius 2 is 1.89 bits per heavy atom. The van der Waals surface area contributed by atoms with Gasteiger partial charge < -0.3 is 14.8 Å². The lowest BCUT2D eigenvalue weighted by Crippen LogP contribution is -2.25. The van der Waals surface area contributed by atoms with Gasteiger partial charge in [-0.05, 0) is 54.6 Å². The zero-order chi connectivity index (χ0) is 19.2. The summed E-state index contributed by atoms with van der Waals surface area (Å²) in [4.78, 5) is 17.1. The van der Waals surface area contributed by atoms with Crippen molar-refractivity contribution in [1.29, 1.82) is 0 Å². The molecule has 2 atom stereocenters. The molecule has 0 saturated heterocycles. The third kappa shape index (κ3) is 4.44. The summed E-state index contributed by atoms with van der Waals surface area (Å²) in [5.41, 5.74) is 1.65. The SMILES string of the molecule is CNC[C@@H](OC(=O)[C@@H](C)c1ccc2cc(OC)ccc2c1)c1ccccn1. The van der Waals surface area contributed by atoms with E-state index in [9.17, 15) is 4.79 Å². The van der Waals surface area contributed by atoms with Crippen molar-refractivity contribution in [3.8, 4) is 5.75 Å². The molecule has 0 aliphatic rings. The Morgan fingerprint density at radius 3 is 2.59 bits per heavy atom. The second-order valence-corrected chi connectivity index (χ2v) is 6.43. The molecule has 0 fully saturated rings. The zero-order valence-corrected chi connectivity index (χ0v) is 15.8. The Morgan fingerprint density at radius 1 is 1.11 bits per heavy atom. The highest BCUT2D eigenvalue weighted by molar-refractivity contribution is 5.86. The second kappa shape index (κ2) is 8.64. The van der Waals surface area contributed by atoms with Gasteiger partial charge in [0.25, 0.3) is 0 Å². The maximum absolute atomic E-state index is 12.7. The molecule has 0 aliphatic carbocycles. The number of methoxy groups -OCH3 is 1. The zero-order valence-electron chi connectivity index (χ0n) is 15.8. The monoisotopic (exact) mass is 364 g/mol. The number of ether oxygens (including phenoxy) is 2. The Balaban J connectivity index is 1.78. The van der Waals surface area contributed by atoms with Crippen molar-refractivity contribution >= 4 is 16.7 Å². The quantitative estimate of drug-likeness (QED) is 0.645. The molecule has 0 unspecified atom stereocenters. The predicted octanol–water partition coefficient (Wildman–Crippen LogP) is 3.85. The Labute approximate surface area is 159 Å². The number of likely N-dealkylation sites (N-methyl/N-ethyl adjacent to an activating group) is 1. The van der Waals surface area contributed by atoms with E-state index in [4.69, 9.17) is 9.47 Å². The van der Waals surface area contributed by atoms with E-state index in [1.165, 1.54) is 0 Å². The molecular formula is C22H24N2O3. The maximum atomic E-state index is 12.7. The van der Waals surface area contributed by atoms with Crippen LogP contribution in [0.15, 0.2) is 60.8 Å². The van der Waals surface area contributed by atoms with Crippen molar-refractivity contribution in [3.05, 3.63) is 72.1 Å². The average molecular weight is 364 g/mol. The fourth-order valence-corrected chi connectivity index (χ4v) is 2.98. The number of hydrogen-bond donors (Lipinski definition) is 1. The molecule has 0 bridgehead atoms. The molecule has 0 aliphatic heterocycles. The molecule has 1 aromatic heterocycles. The third-order valence-corrected chi connectivity index (χ3v) is 4.59. The highest BCUT2D eigenvalue weighted by Gasteiger charge is 2.23. The molecule has 0 saturated carbocycles. The van der Waals surface area contributed by atoms with Gasteiger partial charge in [-0.15, -0.1) is 0 Å². The first-order valence-electron chi connectivity index (χ1n) is 8.96. The number of esters is 1. The molecule has 1 N–H and O–H groups in total. The van der Waals surface area contributed by atoms with E-state index < -0.39 is 6.10 Å². The lowest BCUT2D eigenvalue weighted by molar-refractivity contribution is -0.150. The van der Waals surface area contributed by atoms with Crippen LogP contribution in [0.4, 0.5) is 0 Å². The van der Waals surface area contributed by atoms with Crippen LogP contribution in [0.25, 0.3) is 10.8 Å². The number of nitrogens with zero attached hydrogens (tertiary/aromatic N) is 1. The molecule has 5 heteroatoms. The summed E-state index contributed by atoms with van der Waals surface area (Å²) >= 11 is 0. The maximum Gasteiger partial charge on any atom is 0.313 e. The number of benzene rings is 2. The summed E-state index contributed by atoms with van der Waals surface area (Å²) in [7, 11) is 3.47. The molecule has 3 rings (SSSR count). The average Bonchev–Trinajstić information content (AvgIpc) is 2.72. The lowest BCUT2D eigenvalue weighted by atomic mass is 9.97. The van der Waals surface area contributed by atoms with E-state index in [2.05, 4.69) is 10.3 Å². The molecule has 5 nitrogen and oxygen atoms in total. The standard InChI is InChI=1S/C22H24N2O3/c1-15(16-7-8-18-13-19(26-3)10-9-17(18)12-16)22(25)27-21(14-23-2)20-6-4-5-11-24-20/h4-13,15,21,23H,14H2,1-3H3/t15-,21+/m0/s1. The number of carbonyl (C=O) groups is 1. The first-order valence-corrected chi connectivity index (χ1v) is 8.96. The smallest absolute Gasteiger partial charge is 0.313 e. The van der Waals surface area contributed by atoms with Gasteiger partial charge in [0.1, 0.15) is 5.75 Å². The van der Waals surface area contributed by atoms with Gasteiger partial charge in [0.15, 0.2) is 6.10 Å². The number of nitrogens with one attached hydrogen (secondary N) is 1. The summed E-state index contributed by atoms with van der Waals surface area (Å²) < 4.78 is 11.0. The van der Waals surface area contributed by atoms with Crippen LogP contribution >= 0.6 is 0 Å². The third-order valence-electron chi connectivity index (χ3n) is 4.59. The summed E-state index contributed by atoms with van der Waals surface area (Å²) in [6.45, 7) is 2.37. The first-order chi connectivity index (χ1) is 13.1. The Kier molecular flexibility index (Phi) is 6.04. The van der Waals surface area contributed by atoms with Crippen LogP contribution in [-0.4, -0.2) is 31.7 Å². The van der Waals surface area contributed by atoms with Crippen LogP contribution in [0.5, 0.6) is 5.75 Å². The minimum absolute atomic E-state index is 0.270. The van der Waals surface area contributed by atoms with E-state index in [0.717, 1.165) is 27.8 Å². The highest BCUT2D eigenvalue weighted by Crippen LogP contribution is 2.27. The van der Waals surface area contributed by atoms with Gasteiger partial charge in [0.05, 0.1) is 18.7 Å². The molecule has 2 aromatic carbocycles. The van der Waals surface area contributed by atoms with Crippen molar-refractivity contribution in [2.45, 2.75) is 18.9 Å². The van der Waals surface area contributed by atoms with E-state index in [-0.39, 0.29) is 11.9 Å². The topological polar surface area (TPSA) is 60.5 Å². The van der Waals surface area contributed by atoms with Crippen molar-refractivity contribution in [2.24, 2.45) is 0 Å². The van der Waals surface area contributed by atoms with Gasteiger partial charge in [-0.2, -0.15) is 0 Å². The van der Waals surface area contributed by atoms with Gasteiger partial charge in [0.2, 0.25) is 0 Å². The van der Waals surface area contributed by atoms with Gasteiger partial charge >= 0.3 is 5.97 Å². The molecule has 1 heterocycles. The van der Waals surface area contributed by atoms with E-state index in [0.29, 0.717) is 6.54 Å². The van der Waals surface area contributed by atoms with E-state index in [1.807, 2.05) is 68.6 Å². The van der Waals surface area contributed by atoms with Gasteiger partial charge in [-0.25, -0.2) is 0 Å². The number of hydrogen-bond acceptors (Lipinski definition) is 5. The number of rotatable bonds is 7. The molecule has 3 aromatic rings. The van der Waals surface area contributed by atoms with Crippen LogP contribution in [0.3, 0.4) is 0 Å². The number of aromatic nitrogens is 1. The largest absolute Gasteiger partial charge is 0.497 e. The van der Waals surface area contributed by atoms with E-state index in [1.54, 1.807) is 13.3 Å². The molecule has 0 radical (unpaired) electrons. The summed E-state index contributed by atoms with van der Waals surface area (Å²) in [5.74, 6) is 0.168. The van der Waals surface area contributed by atoms with Crippen molar-refractivity contribution in [1.82, 2.24) is 10.3 Å². The van der Waals surface area contributed by atoms with E-state index >= 15 is 0 Å². The fourth-order valence-electron chi connectivity index (χ4n) is 2.98. The Hall–Kier alpha value is -2.92. The molecule has 0 amide bonds. The lowest BCUT2D eigenvalue weighted by Gasteiger charge is -2.20. The summed E-state index contributed by atoms with van der Waals surface area (Å²) in [5, 5.41) is 5.19. The minimum atomic E-state index is -0.420. The van der Waals surface area contributed by atoms with Crippen LogP contribution in [0.1, 0.15) is 30.2 Å². The predicted molar refractivity (Wildman–Crippen MR) is 106 cm³/mol. The summed E-state index contributed by atoms with van der Waals surface area (Å²) in [6, 6.07) is 17.5. The van der Waals surface area contributed by atoms with Crippen LogP contribution in [0.2, 0.25) is 0 Å². The number of pyridine rings is 1. The second-order valence-electron chi connectivity index (χ2n) is 6.43. The molecule has 140 valence electrons. The first kappa shape index (κ1) is 18.9. The number of carbonyl (C=O) groups excluding carboxylic acids is 1. The minimum Gasteiger partial charge on any atom is -0.497 e. The van der Waals surface area contributed by atoms with Crippen molar-refractivity contribution < 1.29 is 14.3 Å². The normalized spacial score (nSPS) is 13.1. The van der Waals surface area contributed by atoms with Crippen LogP contribution in [-0.2, 0) is 9.53 Å². The fraction of sp³-hybridized carbons (Fsp3) is 0.273. The van der Waals surface area contributed by atoms with Gasteiger partial charge in [-0.1, -0.05) is 30.3 Å². The van der Waals surface area contributed by atoms with Crippen molar-refractivity contribution in [2.75, 3.05) is 20.7 Å². The van der Waals surface area contributed by atoms with Crippen LogP contribution in [0, 0.1) is 0 Å². The van der Waals surface area contributed by atoms with Crippen molar-refractivity contribution in [3.63, 3.8) is 0 Å².